The van der Waals surface area contributed by atoms with Crippen molar-refractivity contribution in [2.45, 2.75) is 24.8 Å². The maximum absolute atomic E-state index is 13.4. The number of carbonyl (C=O) groups is 1. The van der Waals surface area contributed by atoms with E-state index >= 15 is 0 Å². The van der Waals surface area contributed by atoms with Crippen LogP contribution in [-0.4, -0.2) is 25.8 Å². The average Bonchev–Trinajstić information content (AvgIpc) is 2.78. The van der Waals surface area contributed by atoms with Crippen LogP contribution >= 0.6 is 0 Å². The Morgan fingerprint density at radius 2 is 1.69 bits per heavy atom. The van der Waals surface area contributed by atoms with Gasteiger partial charge in [0.2, 0.25) is 5.91 Å². The van der Waals surface area contributed by atoms with E-state index in [2.05, 4.69) is 5.32 Å². The summed E-state index contributed by atoms with van der Waals surface area (Å²) in [6.07, 6.45) is 0. The Morgan fingerprint density at radius 1 is 1.03 bits per heavy atom. The number of carbonyl (C=O) groups excluding carboxylic acids is 1. The number of nitrogens with one attached hydrogen (secondary N) is 1. The first-order valence-corrected chi connectivity index (χ1v) is 11.3. The fourth-order valence-corrected chi connectivity index (χ4v) is 4.57. The van der Waals surface area contributed by atoms with Crippen LogP contribution < -0.4 is 9.62 Å². The lowest BCUT2D eigenvalue weighted by Crippen LogP contribution is -2.41. The van der Waals surface area contributed by atoms with Crippen LogP contribution in [0.15, 0.2) is 83.8 Å². The topological polar surface area (TPSA) is 110 Å². The number of anilines is 1. The predicted molar refractivity (Wildman–Crippen MR) is 122 cm³/mol. The number of non-ortho nitro benzene ring substituents is 1. The van der Waals surface area contributed by atoms with Gasteiger partial charge in [-0.15, -0.1) is 0 Å². The molecular weight excluding hydrogens is 430 g/mol. The smallest absolute Gasteiger partial charge is 0.271 e. The van der Waals surface area contributed by atoms with Gasteiger partial charge in [-0.25, -0.2) is 8.42 Å². The molecule has 166 valence electrons. The molecule has 0 heterocycles. The molecule has 9 heteroatoms. The molecule has 0 spiro atoms. The minimum atomic E-state index is -4.16. The van der Waals surface area contributed by atoms with Gasteiger partial charge in [0, 0.05) is 12.1 Å². The van der Waals surface area contributed by atoms with Crippen LogP contribution in [0.5, 0.6) is 0 Å². The number of benzene rings is 3. The molecule has 0 fully saturated rings. The van der Waals surface area contributed by atoms with E-state index < -0.39 is 27.4 Å². The van der Waals surface area contributed by atoms with Gasteiger partial charge in [-0.05, 0) is 37.6 Å². The molecular formula is C23H23N3O5S. The van der Waals surface area contributed by atoms with E-state index in [1.54, 1.807) is 19.1 Å². The lowest BCUT2D eigenvalue weighted by atomic mass is 10.1. The number of hydrogen-bond donors (Lipinski definition) is 1. The average molecular weight is 454 g/mol. The van der Waals surface area contributed by atoms with E-state index in [1.807, 2.05) is 37.3 Å². The monoisotopic (exact) mass is 453 g/mol. The van der Waals surface area contributed by atoms with Gasteiger partial charge < -0.3 is 5.32 Å². The van der Waals surface area contributed by atoms with Crippen molar-refractivity contribution in [3.63, 3.8) is 0 Å². The molecule has 0 aliphatic heterocycles. The molecule has 0 aliphatic rings. The highest BCUT2D eigenvalue weighted by molar-refractivity contribution is 7.92. The summed E-state index contributed by atoms with van der Waals surface area (Å²) < 4.78 is 27.7. The summed E-state index contributed by atoms with van der Waals surface area (Å²) in [5.41, 5.74) is 1.50. The summed E-state index contributed by atoms with van der Waals surface area (Å²) in [6.45, 7) is 3.08. The minimum Gasteiger partial charge on any atom is -0.348 e. The third kappa shape index (κ3) is 5.30. The van der Waals surface area contributed by atoms with E-state index in [0.29, 0.717) is 0 Å². The Hall–Kier alpha value is -3.72. The van der Waals surface area contributed by atoms with Crippen LogP contribution in [0, 0.1) is 17.0 Å². The summed E-state index contributed by atoms with van der Waals surface area (Å²) in [5, 5.41) is 14.0. The Bertz CT molecular complexity index is 1210. The Balaban J connectivity index is 1.95. The van der Waals surface area contributed by atoms with Crippen LogP contribution in [0.2, 0.25) is 0 Å². The second-order valence-corrected chi connectivity index (χ2v) is 9.16. The first-order chi connectivity index (χ1) is 15.2. The summed E-state index contributed by atoms with van der Waals surface area (Å²) in [5.74, 6) is -0.538. The highest BCUT2D eigenvalue weighted by Gasteiger charge is 2.28. The highest BCUT2D eigenvalue weighted by Crippen LogP contribution is 2.27. The van der Waals surface area contributed by atoms with Crippen molar-refractivity contribution in [2.75, 3.05) is 10.8 Å². The Kier molecular flexibility index (Phi) is 6.89. The molecule has 3 aromatic carbocycles. The van der Waals surface area contributed by atoms with Crippen molar-refractivity contribution >= 4 is 27.3 Å². The molecule has 0 saturated heterocycles. The van der Waals surface area contributed by atoms with Gasteiger partial charge in [0.05, 0.1) is 21.5 Å². The lowest BCUT2D eigenvalue weighted by molar-refractivity contribution is -0.384. The van der Waals surface area contributed by atoms with Crippen LogP contribution in [-0.2, 0) is 14.8 Å². The van der Waals surface area contributed by atoms with Gasteiger partial charge >= 0.3 is 0 Å². The Labute approximate surface area is 186 Å². The minimum absolute atomic E-state index is 0.0153. The molecule has 3 rings (SSSR count). The molecule has 8 nitrogen and oxygen atoms in total. The van der Waals surface area contributed by atoms with Crippen molar-refractivity contribution < 1.29 is 18.1 Å². The molecule has 0 radical (unpaired) electrons. The second kappa shape index (κ2) is 9.61. The fourth-order valence-electron chi connectivity index (χ4n) is 3.16. The van der Waals surface area contributed by atoms with E-state index in [9.17, 15) is 23.3 Å². The van der Waals surface area contributed by atoms with Crippen LogP contribution in [0.1, 0.15) is 24.1 Å². The summed E-state index contributed by atoms with van der Waals surface area (Å²) in [7, 11) is -4.16. The zero-order valence-electron chi connectivity index (χ0n) is 17.6. The SMILES string of the molecule is Cc1ccc(S(=O)(=O)N(CC(=O)N[C@@H](C)c2ccccc2)c2cccc([N+](=O)[O-])c2)cc1. The van der Waals surface area contributed by atoms with Crippen LogP contribution in [0.4, 0.5) is 11.4 Å². The molecule has 1 atom stereocenters. The van der Waals surface area contributed by atoms with Crippen LogP contribution in [0.25, 0.3) is 0 Å². The van der Waals surface area contributed by atoms with Gasteiger partial charge in [-0.3, -0.25) is 19.2 Å². The molecule has 0 aromatic heterocycles. The van der Waals surface area contributed by atoms with Crippen molar-refractivity contribution in [1.29, 1.82) is 0 Å². The number of nitro groups is 1. The largest absolute Gasteiger partial charge is 0.348 e. The molecule has 0 saturated carbocycles. The summed E-state index contributed by atoms with van der Waals surface area (Å²) in [6, 6.07) is 20.3. The number of aryl methyl sites for hydroxylation is 1. The van der Waals surface area contributed by atoms with Crippen molar-refractivity contribution in [1.82, 2.24) is 5.32 Å². The number of sulfonamides is 1. The first-order valence-electron chi connectivity index (χ1n) is 9.86. The van der Waals surface area contributed by atoms with Gasteiger partial charge in [0.25, 0.3) is 15.7 Å². The highest BCUT2D eigenvalue weighted by atomic mass is 32.2. The zero-order chi connectivity index (χ0) is 23.3. The van der Waals surface area contributed by atoms with Gasteiger partial charge in [0.15, 0.2) is 0 Å². The molecule has 32 heavy (non-hydrogen) atoms. The molecule has 0 unspecified atom stereocenters. The quantitative estimate of drug-likeness (QED) is 0.410. The Morgan fingerprint density at radius 3 is 2.31 bits per heavy atom. The molecule has 1 amide bonds. The van der Waals surface area contributed by atoms with Gasteiger partial charge in [0.1, 0.15) is 6.54 Å². The molecule has 0 aliphatic carbocycles. The number of hydrogen-bond acceptors (Lipinski definition) is 5. The van der Waals surface area contributed by atoms with Crippen molar-refractivity contribution in [3.05, 3.63) is 100 Å². The van der Waals surface area contributed by atoms with Gasteiger partial charge in [-0.1, -0.05) is 54.1 Å². The molecule has 3 aromatic rings. The second-order valence-electron chi connectivity index (χ2n) is 7.30. The summed E-state index contributed by atoms with van der Waals surface area (Å²) in [4.78, 5) is 23.4. The van der Waals surface area contributed by atoms with Crippen molar-refractivity contribution in [2.24, 2.45) is 0 Å². The normalized spacial score (nSPS) is 12.1. The third-order valence-corrected chi connectivity index (χ3v) is 6.69. The number of rotatable bonds is 8. The van der Waals surface area contributed by atoms with Gasteiger partial charge in [-0.2, -0.15) is 0 Å². The number of nitro benzene ring substituents is 1. The van der Waals surface area contributed by atoms with Crippen LogP contribution in [0.3, 0.4) is 0 Å². The van der Waals surface area contributed by atoms with E-state index in [1.165, 1.54) is 30.3 Å². The zero-order valence-corrected chi connectivity index (χ0v) is 18.5. The first kappa shape index (κ1) is 23.0. The van der Waals surface area contributed by atoms with E-state index in [-0.39, 0.29) is 22.3 Å². The maximum atomic E-state index is 13.4. The number of amides is 1. The maximum Gasteiger partial charge on any atom is 0.271 e. The standard InChI is InChI=1S/C23H23N3O5S/c1-17-11-13-22(14-12-17)32(30,31)25(20-9-6-10-21(15-20)26(28)29)16-23(27)24-18(2)19-7-4-3-5-8-19/h3-15,18H,16H2,1-2H3,(H,24,27)/t18-/m0/s1. The lowest BCUT2D eigenvalue weighted by Gasteiger charge is -2.25. The van der Waals surface area contributed by atoms with Crippen molar-refractivity contribution in [3.8, 4) is 0 Å². The van der Waals surface area contributed by atoms with E-state index in [0.717, 1.165) is 21.5 Å². The molecule has 0 bridgehead atoms. The number of nitrogens with zero attached hydrogens (tertiary/aromatic N) is 2. The predicted octanol–water partition coefficient (Wildman–Crippen LogP) is 3.98. The fraction of sp³-hybridized carbons (Fsp3) is 0.174. The summed E-state index contributed by atoms with van der Waals surface area (Å²) >= 11 is 0. The van der Waals surface area contributed by atoms with E-state index in [4.69, 9.17) is 0 Å². The molecule has 1 N–H and O–H groups in total. The third-order valence-electron chi connectivity index (χ3n) is 4.90.